The quantitative estimate of drug-likeness (QED) is 0.779. The summed E-state index contributed by atoms with van der Waals surface area (Å²) in [6, 6.07) is 0. The van der Waals surface area contributed by atoms with Crippen LogP contribution in [0.3, 0.4) is 0 Å². The van der Waals surface area contributed by atoms with Crippen molar-refractivity contribution >= 4 is 11.8 Å². The van der Waals surface area contributed by atoms with E-state index >= 15 is 0 Å². The van der Waals surface area contributed by atoms with Crippen LogP contribution in [0.15, 0.2) is 0 Å². The van der Waals surface area contributed by atoms with Crippen molar-refractivity contribution in [3.05, 3.63) is 0 Å². The van der Waals surface area contributed by atoms with Gasteiger partial charge in [-0.1, -0.05) is 40.0 Å². The van der Waals surface area contributed by atoms with Crippen LogP contribution in [-0.4, -0.2) is 22.2 Å². The third-order valence-corrected chi connectivity index (χ3v) is 4.49. The molecule has 0 saturated heterocycles. The van der Waals surface area contributed by atoms with Crippen LogP contribution in [0.2, 0.25) is 0 Å². The molecule has 14 heavy (non-hydrogen) atoms. The smallest absolute Gasteiger partial charge is 0.0678 e. The van der Waals surface area contributed by atoms with Gasteiger partial charge in [0, 0.05) is 11.0 Å². The molecule has 2 heteroatoms. The Morgan fingerprint density at radius 2 is 1.79 bits per heavy atom. The van der Waals surface area contributed by atoms with Gasteiger partial charge in [-0.3, -0.25) is 0 Å². The summed E-state index contributed by atoms with van der Waals surface area (Å²) in [5.41, 5.74) is 0.0433. The number of rotatable bonds is 3. The van der Waals surface area contributed by atoms with E-state index in [0.29, 0.717) is 0 Å². The number of hydrogen-bond donors (Lipinski definition) is 1. The fourth-order valence-electron chi connectivity index (χ4n) is 1.71. The van der Waals surface area contributed by atoms with E-state index in [1.807, 2.05) is 11.8 Å². The second-order valence-electron chi connectivity index (χ2n) is 5.48. The predicted molar refractivity (Wildman–Crippen MR) is 64.8 cm³/mol. The van der Waals surface area contributed by atoms with Crippen molar-refractivity contribution in [1.82, 2.24) is 0 Å². The first kappa shape index (κ1) is 12.4. The third kappa shape index (κ3) is 4.22. The maximum atomic E-state index is 9.90. The van der Waals surface area contributed by atoms with Gasteiger partial charge >= 0.3 is 0 Å². The summed E-state index contributed by atoms with van der Waals surface area (Å²) in [5.74, 6) is 0.911. The Kier molecular flexibility index (Phi) is 4.78. The Morgan fingerprint density at radius 3 is 2.29 bits per heavy atom. The van der Waals surface area contributed by atoms with Crippen LogP contribution in [0, 0.1) is 5.41 Å². The molecular weight excluding hydrogens is 192 g/mol. The van der Waals surface area contributed by atoms with E-state index in [1.54, 1.807) is 0 Å². The zero-order chi connectivity index (χ0) is 10.6. The molecule has 1 atom stereocenters. The van der Waals surface area contributed by atoms with Gasteiger partial charge in [-0.2, -0.15) is 11.8 Å². The molecule has 0 spiro atoms. The Morgan fingerprint density at radius 1 is 1.21 bits per heavy atom. The minimum atomic E-state index is -0.158. The molecule has 84 valence electrons. The van der Waals surface area contributed by atoms with Crippen LogP contribution in [0.1, 0.15) is 52.9 Å². The monoisotopic (exact) mass is 216 g/mol. The van der Waals surface area contributed by atoms with E-state index in [1.165, 1.54) is 32.1 Å². The first-order chi connectivity index (χ1) is 6.50. The van der Waals surface area contributed by atoms with Crippen molar-refractivity contribution in [1.29, 1.82) is 0 Å². The maximum absolute atomic E-state index is 9.90. The second kappa shape index (κ2) is 5.41. The van der Waals surface area contributed by atoms with Crippen molar-refractivity contribution in [3.8, 4) is 0 Å². The highest BCUT2D eigenvalue weighted by Crippen LogP contribution is 2.31. The first-order valence-corrected chi connectivity index (χ1v) is 6.84. The summed E-state index contributed by atoms with van der Waals surface area (Å²) < 4.78 is 0. The van der Waals surface area contributed by atoms with Gasteiger partial charge in [0.05, 0.1) is 6.10 Å². The lowest BCUT2D eigenvalue weighted by Gasteiger charge is -2.28. The van der Waals surface area contributed by atoms with Gasteiger partial charge in [0.25, 0.3) is 0 Å². The summed E-state index contributed by atoms with van der Waals surface area (Å²) in [7, 11) is 0. The molecule has 1 nitrogen and oxygen atoms in total. The van der Waals surface area contributed by atoms with Crippen LogP contribution >= 0.6 is 11.8 Å². The van der Waals surface area contributed by atoms with E-state index in [2.05, 4.69) is 20.8 Å². The highest BCUT2D eigenvalue weighted by Gasteiger charge is 2.23. The van der Waals surface area contributed by atoms with Crippen molar-refractivity contribution < 1.29 is 5.11 Å². The van der Waals surface area contributed by atoms with Crippen molar-refractivity contribution in [2.24, 2.45) is 5.41 Å². The number of aliphatic hydroxyl groups excluding tert-OH is 1. The molecule has 0 heterocycles. The summed E-state index contributed by atoms with van der Waals surface area (Å²) in [6.45, 7) is 6.33. The number of aliphatic hydroxyl groups is 1. The average molecular weight is 216 g/mol. The molecule has 0 amide bonds. The number of hydrogen-bond acceptors (Lipinski definition) is 2. The predicted octanol–water partition coefficient (Wildman–Crippen LogP) is 3.46. The Labute approximate surface area is 92.7 Å². The average Bonchev–Trinajstić information content (AvgIpc) is 2.14. The molecular formula is C12H24OS. The lowest BCUT2D eigenvalue weighted by Crippen LogP contribution is -2.29. The zero-order valence-corrected chi connectivity index (χ0v) is 10.6. The molecule has 0 radical (unpaired) electrons. The van der Waals surface area contributed by atoms with Gasteiger partial charge in [0.15, 0.2) is 0 Å². The maximum Gasteiger partial charge on any atom is 0.0678 e. The lowest BCUT2D eigenvalue weighted by molar-refractivity contribution is 0.0841. The molecule has 0 aromatic rings. The lowest BCUT2D eigenvalue weighted by atomic mass is 9.90. The minimum Gasteiger partial charge on any atom is -0.392 e. The standard InChI is InChI=1S/C12H24OS/c1-12(2,3)11(13)9-14-10-7-5-4-6-8-10/h10-11,13H,4-9H2,1-3H3. The molecule has 0 aromatic heterocycles. The summed E-state index contributed by atoms with van der Waals surface area (Å²) in [4.78, 5) is 0. The molecule has 1 rings (SSSR count). The number of thioether (sulfide) groups is 1. The Hall–Kier alpha value is 0.310. The fourth-order valence-corrected chi connectivity index (χ4v) is 3.33. The largest absolute Gasteiger partial charge is 0.392 e. The Balaban J connectivity index is 2.19. The molecule has 1 saturated carbocycles. The molecule has 0 aliphatic heterocycles. The van der Waals surface area contributed by atoms with E-state index in [9.17, 15) is 5.11 Å². The third-order valence-electron chi connectivity index (χ3n) is 3.04. The molecule has 1 aliphatic carbocycles. The van der Waals surface area contributed by atoms with Crippen LogP contribution in [0.5, 0.6) is 0 Å². The van der Waals surface area contributed by atoms with Crippen LogP contribution in [-0.2, 0) is 0 Å². The molecule has 0 bridgehead atoms. The molecule has 1 N–H and O–H groups in total. The second-order valence-corrected chi connectivity index (χ2v) is 6.81. The van der Waals surface area contributed by atoms with E-state index in [0.717, 1.165) is 11.0 Å². The van der Waals surface area contributed by atoms with Crippen molar-refractivity contribution in [2.45, 2.75) is 64.2 Å². The SMILES string of the molecule is CC(C)(C)C(O)CSC1CCCCC1. The van der Waals surface area contributed by atoms with Gasteiger partial charge in [-0.05, 0) is 18.3 Å². The van der Waals surface area contributed by atoms with Gasteiger partial charge in [0.1, 0.15) is 0 Å². The zero-order valence-electron chi connectivity index (χ0n) is 9.75. The molecule has 0 aromatic carbocycles. The van der Waals surface area contributed by atoms with Crippen molar-refractivity contribution in [3.63, 3.8) is 0 Å². The van der Waals surface area contributed by atoms with E-state index < -0.39 is 0 Å². The van der Waals surface area contributed by atoms with Crippen molar-refractivity contribution in [2.75, 3.05) is 5.75 Å². The highest BCUT2D eigenvalue weighted by atomic mass is 32.2. The van der Waals surface area contributed by atoms with E-state index in [-0.39, 0.29) is 11.5 Å². The summed E-state index contributed by atoms with van der Waals surface area (Å²) >= 11 is 1.98. The van der Waals surface area contributed by atoms with Crippen LogP contribution in [0.4, 0.5) is 0 Å². The molecule has 1 fully saturated rings. The molecule has 1 unspecified atom stereocenters. The summed E-state index contributed by atoms with van der Waals surface area (Å²) in [5, 5.41) is 10.7. The van der Waals surface area contributed by atoms with Gasteiger partial charge in [-0.15, -0.1) is 0 Å². The normalized spacial score (nSPS) is 22.3. The topological polar surface area (TPSA) is 20.2 Å². The fraction of sp³-hybridized carbons (Fsp3) is 1.00. The van der Waals surface area contributed by atoms with Gasteiger partial charge in [-0.25, -0.2) is 0 Å². The highest BCUT2D eigenvalue weighted by molar-refractivity contribution is 7.99. The first-order valence-electron chi connectivity index (χ1n) is 5.80. The molecule has 1 aliphatic rings. The van der Waals surface area contributed by atoms with Crippen LogP contribution in [0.25, 0.3) is 0 Å². The minimum absolute atomic E-state index is 0.0433. The Bertz CT molecular complexity index is 156. The van der Waals surface area contributed by atoms with Gasteiger partial charge < -0.3 is 5.11 Å². The summed E-state index contributed by atoms with van der Waals surface area (Å²) in [6.07, 6.45) is 6.77. The van der Waals surface area contributed by atoms with Gasteiger partial charge in [0.2, 0.25) is 0 Å². The van der Waals surface area contributed by atoms with E-state index in [4.69, 9.17) is 0 Å². The van der Waals surface area contributed by atoms with Crippen LogP contribution < -0.4 is 0 Å².